The lowest BCUT2D eigenvalue weighted by atomic mass is 9.87. The van der Waals surface area contributed by atoms with Crippen LogP contribution in [0.5, 0.6) is 0 Å². The van der Waals surface area contributed by atoms with Crippen molar-refractivity contribution < 1.29 is 19.4 Å². The van der Waals surface area contributed by atoms with Gasteiger partial charge in [0.1, 0.15) is 12.4 Å². The van der Waals surface area contributed by atoms with Gasteiger partial charge in [-0.3, -0.25) is 0 Å². The fourth-order valence-corrected chi connectivity index (χ4v) is 2.65. The molecule has 0 radical (unpaired) electrons. The van der Waals surface area contributed by atoms with Gasteiger partial charge in [0.15, 0.2) is 0 Å². The lowest BCUT2D eigenvalue weighted by molar-refractivity contribution is 0.0216. The van der Waals surface area contributed by atoms with Crippen LogP contribution in [-0.2, 0) is 11.3 Å². The third-order valence-corrected chi connectivity index (χ3v) is 3.70. The van der Waals surface area contributed by atoms with Gasteiger partial charge < -0.3 is 24.7 Å². The van der Waals surface area contributed by atoms with Crippen LogP contribution in [0.25, 0.3) is 0 Å². The highest BCUT2D eigenvalue weighted by molar-refractivity contribution is 4.96. The Balaban J connectivity index is 1.50. The fourth-order valence-electron chi connectivity index (χ4n) is 2.65. The summed E-state index contributed by atoms with van der Waals surface area (Å²) in [5.41, 5.74) is 0. The van der Waals surface area contributed by atoms with E-state index in [4.69, 9.17) is 9.15 Å². The van der Waals surface area contributed by atoms with Crippen LogP contribution >= 0.6 is 0 Å². The van der Waals surface area contributed by atoms with E-state index in [0.29, 0.717) is 25.7 Å². The van der Waals surface area contributed by atoms with Crippen molar-refractivity contribution in [2.75, 3.05) is 19.7 Å². The first kappa shape index (κ1) is 15.5. The van der Waals surface area contributed by atoms with Gasteiger partial charge in [0.2, 0.25) is 0 Å². The summed E-state index contributed by atoms with van der Waals surface area (Å²) in [5.74, 6) is 1.29. The van der Waals surface area contributed by atoms with E-state index in [9.17, 15) is 10.2 Å². The van der Waals surface area contributed by atoms with Gasteiger partial charge in [0.25, 0.3) is 0 Å². The Morgan fingerprint density at radius 2 is 2.35 bits per heavy atom. The van der Waals surface area contributed by atoms with Gasteiger partial charge in [0.05, 0.1) is 25.1 Å². The standard InChI is InChI=1S/C15H25NO4/c17-13-4-1-3-12(7-13)8-16-9-14(18)10-19-11-15-5-2-6-20-15/h2,5-6,12-14,16-18H,1,3-4,7-11H2. The molecule has 5 heteroatoms. The van der Waals surface area contributed by atoms with Crippen molar-refractivity contribution in [2.24, 2.45) is 5.92 Å². The number of aliphatic hydroxyl groups excluding tert-OH is 2. The summed E-state index contributed by atoms with van der Waals surface area (Å²) >= 11 is 0. The average Bonchev–Trinajstić information content (AvgIpc) is 2.92. The van der Waals surface area contributed by atoms with Crippen molar-refractivity contribution in [3.63, 3.8) is 0 Å². The van der Waals surface area contributed by atoms with E-state index in [1.54, 1.807) is 6.26 Å². The van der Waals surface area contributed by atoms with E-state index in [2.05, 4.69) is 5.32 Å². The van der Waals surface area contributed by atoms with E-state index >= 15 is 0 Å². The molecule has 0 aromatic carbocycles. The number of hydrogen-bond donors (Lipinski definition) is 3. The number of nitrogens with one attached hydrogen (secondary N) is 1. The minimum atomic E-state index is -0.515. The number of ether oxygens (including phenoxy) is 1. The van der Waals surface area contributed by atoms with Crippen LogP contribution in [0.3, 0.4) is 0 Å². The fraction of sp³-hybridized carbons (Fsp3) is 0.733. The van der Waals surface area contributed by atoms with E-state index in [0.717, 1.165) is 38.0 Å². The third kappa shape index (κ3) is 5.63. The van der Waals surface area contributed by atoms with Crippen molar-refractivity contribution in [3.05, 3.63) is 24.2 Å². The van der Waals surface area contributed by atoms with Gasteiger partial charge >= 0.3 is 0 Å². The Morgan fingerprint density at radius 3 is 3.10 bits per heavy atom. The minimum absolute atomic E-state index is 0.142. The molecule has 1 aliphatic rings. The summed E-state index contributed by atoms with van der Waals surface area (Å²) in [6.07, 6.45) is 5.01. The molecule has 0 amide bonds. The van der Waals surface area contributed by atoms with Crippen molar-refractivity contribution in [2.45, 2.75) is 44.5 Å². The molecule has 0 bridgehead atoms. The molecule has 3 unspecified atom stereocenters. The molecule has 1 aliphatic carbocycles. The summed E-state index contributed by atoms with van der Waals surface area (Å²) in [6.45, 7) is 2.05. The Kier molecular flexibility index (Phi) is 6.53. The second-order valence-corrected chi connectivity index (χ2v) is 5.59. The van der Waals surface area contributed by atoms with Crippen molar-refractivity contribution in [1.29, 1.82) is 0 Å². The van der Waals surface area contributed by atoms with Crippen molar-refractivity contribution in [3.8, 4) is 0 Å². The van der Waals surface area contributed by atoms with Crippen LogP contribution in [0.1, 0.15) is 31.4 Å². The molecule has 2 rings (SSSR count). The molecule has 1 aromatic rings. The molecule has 114 valence electrons. The number of rotatable bonds is 8. The predicted octanol–water partition coefficient (Wildman–Crippen LogP) is 1.30. The zero-order valence-corrected chi connectivity index (χ0v) is 11.8. The third-order valence-electron chi connectivity index (χ3n) is 3.70. The minimum Gasteiger partial charge on any atom is -0.467 e. The number of furan rings is 1. The van der Waals surface area contributed by atoms with Gasteiger partial charge in [-0.25, -0.2) is 0 Å². The van der Waals surface area contributed by atoms with Crippen molar-refractivity contribution in [1.82, 2.24) is 5.32 Å². The summed E-state index contributed by atoms with van der Waals surface area (Å²) in [4.78, 5) is 0. The Bertz CT molecular complexity index is 355. The highest BCUT2D eigenvalue weighted by Gasteiger charge is 2.19. The molecule has 0 aliphatic heterocycles. The number of hydrogen-bond acceptors (Lipinski definition) is 5. The molecule has 20 heavy (non-hydrogen) atoms. The Hall–Kier alpha value is -0.880. The van der Waals surface area contributed by atoms with Gasteiger partial charge in [-0.2, -0.15) is 0 Å². The lowest BCUT2D eigenvalue weighted by Gasteiger charge is -2.26. The summed E-state index contributed by atoms with van der Waals surface area (Å²) in [6, 6.07) is 3.66. The van der Waals surface area contributed by atoms with Crippen LogP contribution in [0, 0.1) is 5.92 Å². The summed E-state index contributed by atoms with van der Waals surface area (Å²) < 4.78 is 10.5. The van der Waals surface area contributed by atoms with Gasteiger partial charge in [0, 0.05) is 6.54 Å². The maximum Gasteiger partial charge on any atom is 0.129 e. The normalized spacial score (nSPS) is 24.7. The molecule has 3 atom stereocenters. The molecular weight excluding hydrogens is 258 g/mol. The van der Waals surface area contributed by atoms with Gasteiger partial charge in [-0.15, -0.1) is 0 Å². The Labute approximate surface area is 119 Å². The summed E-state index contributed by atoms with van der Waals surface area (Å²) in [5, 5.41) is 22.6. The molecule has 0 spiro atoms. The maximum atomic E-state index is 9.79. The molecule has 5 nitrogen and oxygen atoms in total. The lowest BCUT2D eigenvalue weighted by Crippen LogP contribution is -2.35. The molecule has 1 heterocycles. The zero-order chi connectivity index (χ0) is 14.2. The van der Waals surface area contributed by atoms with Crippen LogP contribution in [0.15, 0.2) is 22.8 Å². The zero-order valence-electron chi connectivity index (χ0n) is 11.8. The van der Waals surface area contributed by atoms with Crippen LogP contribution in [-0.4, -0.2) is 42.1 Å². The molecule has 1 saturated carbocycles. The molecular formula is C15H25NO4. The highest BCUT2D eigenvalue weighted by Crippen LogP contribution is 2.23. The smallest absolute Gasteiger partial charge is 0.129 e. The summed E-state index contributed by atoms with van der Waals surface area (Å²) in [7, 11) is 0. The van der Waals surface area contributed by atoms with E-state index in [1.165, 1.54) is 0 Å². The quantitative estimate of drug-likeness (QED) is 0.670. The second kappa shape index (κ2) is 8.42. The average molecular weight is 283 g/mol. The van der Waals surface area contributed by atoms with Gasteiger partial charge in [-0.05, 0) is 43.9 Å². The predicted molar refractivity (Wildman–Crippen MR) is 75.2 cm³/mol. The maximum absolute atomic E-state index is 9.79. The highest BCUT2D eigenvalue weighted by atomic mass is 16.5. The van der Waals surface area contributed by atoms with Crippen molar-refractivity contribution >= 4 is 0 Å². The van der Waals surface area contributed by atoms with Crippen LogP contribution in [0.2, 0.25) is 0 Å². The first-order valence-corrected chi connectivity index (χ1v) is 7.41. The molecule has 3 N–H and O–H groups in total. The Morgan fingerprint density at radius 1 is 1.45 bits per heavy atom. The topological polar surface area (TPSA) is 74.9 Å². The largest absolute Gasteiger partial charge is 0.467 e. The number of aliphatic hydroxyl groups is 2. The first-order chi connectivity index (χ1) is 9.74. The molecule has 1 aromatic heterocycles. The monoisotopic (exact) mass is 283 g/mol. The second-order valence-electron chi connectivity index (χ2n) is 5.59. The van der Waals surface area contributed by atoms with Crippen LogP contribution < -0.4 is 5.32 Å². The van der Waals surface area contributed by atoms with E-state index in [-0.39, 0.29) is 6.10 Å². The SMILES string of the molecule is OC(CNCC1CCCC(O)C1)COCc1ccco1. The molecule has 1 fully saturated rings. The first-order valence-electron chi connectivity index (χ1n) is 7.41. The van der Waals surface area contributed by atoms with E-state index in [1.807, 2.05) is 12.1 Å². The molecule has 0 saturated heterocycles. The van der Waals surface area contributed by atoms with E-state index < -0.39 is 6.10 Å². The van der Waals surface area contributed by atoms with Gasteiger partial charge in [-0.1, -0.05) is 6.42 Å². The van der Waals surface area contributed by atoms with Crippen LogP contribution in [0.4, 0.5) is 0 Å².